The molecule has 1 saturated heterocycles. The van der Waals surface area contributed by atoms with Gasteiger partial charge in [0, 0.05) is 43.9 Å². The first-order chi connectivity index (χ1) is 13.8. The average molecular weight is 376 g/mol. The van der Waals surface area contributed by atoms with E-state index >= 15 is 0 Å². The van der Waals surface area contributed by atoms with Crippen molar-refractivity contribution in [1.29, 1.82) is 0 Å². The summed E-state index contributed by atoms with van der Waals surface area (Å²) in [6.45, 7) is 1.60. The van der Waals surface area contributed by atoms with E-state index in [0.29, 0.717) is 24.1 Å². The van der Waals surface area contributed by atoms with E-state index in [9.17, 15) is 4.79 Å². The molecular weight excluding hydrogens is 352 g/mol. The average Bonchev–Trinajstić information content (AvgIpc) is 3.40. The quantitative estimate of drug-likeness (QED) is 0.631. The van der Waals surface area contributed by atoms with Crippen LogP contribution >= 0.6 is 0 Å². The predicted octanol–water partition coefficient (Wildman–Crippen LogP) is 3.55. The van der Waals surface area contributed by atoms with Gasteiger partial charge in [0.1, 0.15) is 0 Å². The molecule has 3 aromatic rings. The molecule has 1 aliphatic heterocycles. The second kappa shape index (κ2) is 8.78. The molecule has 0 aliphatic carbocycles. The summed E-state index contributed by atoms with van der Waals surface area (Å²) in [4.78, 5) is 23.0. The zero-order valence-corrected chi connectivity index (χ0v) is 15.8. The van der Waals surface area contributed by atoms with Gasteiger partial charge in [-0.25, -0.2) is 0 Å². The lowest BCUT2D eigenvalue weighted by atomic mass is 10.0. The summed E-state index contributed by atoms with van der Waals surface area (Å²) in [5.41, 5.74) is 2.16. The molecule has 1 amide bonds. The van der Waals surface area contributed by atoms with Crippen molar-refractivity contribution < 1.29 is 9.32 Å². The maximum atomic E-state index is 12.5. The minimum atomic E-state index is 0.254. The Kier molecular flexibility index (Phi) is 5.75. The third-order valence-electron chi connectivity index (χ3n) is 5.20. The Morgan fingerprint density at radius 1 is 1.14 bits per heavy atom. The zero-order valence-electron chi connectivity index (χ0n) is 15.8. The topological polar surface area (TPSA) is 72.1 Å². The van der Waals surface area contributed by atoms with Crippen LogP contribution in [0.5, 0.6) is 0 Å². The van der Waals surface area contributed by atoms with Crippen molar-refractivity contribution in [2.24, 2.45) is 5.92 Å². The van der Waals surface area contributed by atoms with Crippen molar-refractivity contribution in [1.82, 2.24) is 20.0 Å². The van der Waals surface area contributed by atoms with E-state index in [2.05, 4.69) is 27.3 Å². The van der Waals surface area contributed by atoms with Crippen LogP contribution < -0.4 is 0 Å². The Labute approximate surface area is 164 Å². The molecule has 1 aliphatic rings. The number of aromatic nitrogens is 3. The van der Waals surface area contributed by atoms with Crippen LogP contribution in [-0.2, 0) is 17.6 Å². The van der Waals surface area contributed by atoms with Crippen LogP contribution in [0.2, 0.25) is 0 Å². The van der Waals surface area contributed by atoms with Gasteiger partial charge in [0.15, 0.2) is 5.82 Å². The molecule has 144 valence electrons. The van der Waals surface area contributed by atoms with Gasteiger partial charge in [-0.3, -0.25) is 9.78 Å². The first-order valence-electron chi connectivity index (χ1n) is 9.82. The molecule has 1 unspecified atom stereocenters. The molecule has 0 N–H and O–H groups in total. The number of amides is 1. The number of aryl methyl sites for hydroxylation is 1. The first-order valence-corrected chi connectivity index (χ1v) is 9.82. The Balaban J connectivity index is 1.24. The van der Waals surface area contributed by atoms with E-state index in [-0.39, 0.29) is 5.91 Å². The summed E-state index contributed by atoms with van der Waals surface area (Å²) in [6.07, 6.45) is 7.59. The van der Waals surface area contributed by atoms with E-state index in [1.807, 2.05) is 35.2 Å². The number of likely N-dealkylation sites (tertiary alicyclic amines) is 1. The van der Waals surface area contributed by atoms with Crippen molar-refractivity contribution in [3.8, 4) is 11.5 Å². The van der Waals surface area contributed by atoms with Crippen LogP contribution in [-0.4, -0.2) is 39.0 Å². The van der Waals surface area contributed by atoms with Gasteiger partial charge in [0.25, 0.3) is 5.89 Å². The van der Waals surface area contributed by atoms with Gasteiger partial charge >= 0.3 is 0 Å². The fourth-order valence-corrected chi connectivity index (χ4v) is 3.68. The molecule has 4 rings (SSSR count). The molecule has 0 saturated carbocycles. The predicted molar refractivity (Wildman–Crippen MR) is 105 cm³/mol. The molecule has 0 bridgehead atoms. The number of carbonyl (C=O) groups is 1. The van der Waals surface area contributed by atoms with Crippen molar-refractivity contribution in [2.45, 2.75) is 32.1 Å². The summed E-state index contributed by atoms with van der Waals surface area (Å²) in [6, 6.07) is 14.0. The van der Waals surface area contributed by atoms with Crippen LogP contribution in [0.4, 0.5) is 0 Å². The lowest BCUT2D eigenvalue weighted by molar-refractivity contribution is -0.130. The highest BCUT2D eigenvalue weighted by molar-refractivity contribution is 5.76. The summed E-state index contributed by atoms with van der Waals surface area (Å²) >= 11 is 0. The third kappa shape index (κ3) is 4.63. The van der Waals surface area contributed by atoms with Gasteiger partial charge in [0.2, 0.25) is 5.91 Å². The van der Waals surface area contributed by atoms with Crippen molar-refractivity contribution in [3.05, 3.63) is 66.2 Å². The largest absolute Gasteiger partial charge is 0.342 e. The van der Waals surface area contributed by atoms with Crippen LogP contribution in [0.25, 0.3) is 11.5 Å². The maximum Gasteiger partial charge on any atom is 0.258 e. The van der Waals surface area contributed by atoms with Gasteiger partial charge in [-0.05, 0) is 42.9 Å². The number of hydrogen-bond acceptors (Lipinski definition) is 5. The normalized spacial score (nSPS) is 16.4. The monoisotopic (exact) mass is 376 g/mol. The molecule has 6 heteroatoms. The Morgan fingerprint density at radius 2 is 1.96 bits per heavy atom. The minimum absolute atomic E-state index is 0.254. The molecule has 0 radical (unpaired) electrons. The van der Waals surface area contributed by atoms with Gasteiger partial charge < -0.3 is 9.42 Å². The molecule has 6 nitrogen and oxygen atoms in total. The van der Waals surface area contributed by atoms with Crippen LogP contribution in [0.3, 0.4) is 0 Å². The standard InChI is InChI=1S/C22H24N4O2/c27-21(8-4-7-17-5-2-1-3-6-17)26-14-11-18(16-26)15-20-24-22(28-25-20)19-9-12-23-13-10-19/h1-3,5-6,9-10,12-13,18H,4,7-8,11,14-16H2. The van der Waals surface area contributed by atoms with Gasteiger partial charge in [-0.15, -0.1) is 0 Å². The summed E-state index contributed by atoms with van der Waals surface area (Å²) in [5.74, 6) is 1.87. The third-order valence-corrected chi connectivity index (χ3v) is 5.20. The van der Waals surface area contributed by atoms with Crippen molar-refractivity contribution >= 4 is 5.91 Å². The molecular formula is C22H24N4O2. The fourth-order valence-electron chi connectivity index (χ4n) is 3.68. The number of hydrogen-bond donors (Lipinski definition) is 0. The highest BCUT2D eigenvalue weighted by atomic mass is 16.5. The summed E-state index contributed by atoms with van der Waals surface area (Å²) in [7, 11) is 0. The molecule has 0 spiro atoms. The second-order valence-corrected chi connectivity index (χ2v) is 7.29. The highest BCUT2D eigenvalue weighted by Crippen LogP contribution is 2.23. The Morgan fingerprint density at radius 3 is 2.79 bits per heavy atom. The van der Waals surface area contributed by atoms with Crippen LogP contribution in [0.15, 0.2) is 59.4 Å². The van der Waals surface area contributed by atoms with Gasteiger partial charge in [-0.1, -0.05) is 35.5 Å². The lowest BCUT2D eigenvalue weighted by Gasteiger charge is -2.16. The Hall–Kier alpha value is -3.02. The van der Waals surface area contributed by atoms with E-state index in [0.717, 1.165) is 44.3 Å². The van der Waals surface area contributed by atoms with Crippen LogP contribution in [0, 0.1) is 5.92 Å². The minimum Gasteiger partial charge on any atom is -0.342 e. The lowest BCUT2D eigenvalue weighted by Crippen LogP contribution is -2.28. The SMILES string of the molecule is O=C(CCCc1ccccc1)N1CCC(Cc2noc(-c3ccncc3)n2)C1. The van der Waals surface area contributed by atoms with Crippen molar-refractivity contribution in [3.63, 3.8) is 0 Å². The molecule has 1 atom stereocenters. The molecule has 3 heterocycles. The number of nitrogens with zero attached hydrogens (tertiary/aromatic N) is 4. The molecule has 2 aromatic heterocycles. The number of carbonyl (C=O) groups excluding carboxylic acids is 1. The first kappa shape index (κ1) is 18.3. The molecule has 1 aromatic carbocycles. The maximum absolute atomic E-state index is 12.5. The summed E-state index contributed by atoms with van der Waals surface area (Å²) in [5, 5.41) is 4.10. The smallest absolute Gasteiger partial charge is 0.258 e. The number of rotatable bonds is 7. The van der Waals surface area contributed by atoms with Gasteiger partial charge in [-0.2, -0.15) is 4.98 Å². The fraction of sp³-hybridized carbons (Fsp3) is 0.364. The van der Waals surface area contributed by atoms with Crippen molar-refractivity contribution in [2.75, 3.05) is 13.1 Å². The van der Waals surface area contributed by atoms with Crippen LogP contribution in [0.1, 0.15) is 30.7 Å². The van der Waals surface area contributed by atoms with E-state index in [1.54, 1.807) is 12.4 Å². The molecule has 28 heavy (non-hydrogen) atoms. The zero-order chi connectivity index (χ0) is 19.2. The molecule has 1 fully saturated rings. The number of benzene rings is 1. The van der Waals surface area contributed by atoms with E-state index in [1.165, 1.54) is 5.56 Å². The number of pyridine rings is 1. The van der Waals surface area contributed by atoms with E-state index in [4.69, 9.17) is 4.52 Å². The van der Waals surface area contributed by atoms with Gasteiger partial charge in [0.05, 0.1) is 0 Å². The second-order valence-electron chi connectivity index (χ2n) is 7.29. The van der Waals surface area contributed by atoms with E-state index < -0.39 is 0 Å². The summed E-state index contributed by atoms with van der Waals surface area (Å²) < 4.78 is 5.36. The highest BCUT2D eigenvalue weighted by Gasteiger charge is 2.27. The Bertz CT molecular complexity index is 895.